The number of nitrogens with zero attached hydrogens (tertiary/aromatic N) is 3. The summed E-state index contributed by atoms with van der Waals surface area (Å²) in [5.41, 5.74) is 1.22. The molecule has 11 heteroatoms. The molecule has 0 radical (unpaired) electrons. The highest BCUT2D eigenvalue weighted by molar-refractivity contribution is 6.34. The van der Waals surface area contributed by atoms with Gasteiger partial charge in [-0.05, 0) is 62.3 Å². The van der Waals surface area contributed by atoms with E-state index in [0.29, 0.717) is 31.1 Å². The summed E-state index contributed by atoms with van der Waals surface area (Å²) >= 11 is 6.42. The van der Waals surface area contributed by atoms with Gasteiger partial charge >= 0.3 is 5.97 Å². The second kappa shape index (κ2) is 12.7. The SMILES string of the molecule is Cn1nc(C(=O)Nc2cc(F)c(CC(=O)CC(OC3CCC(C(=O)O)CC3)N3CCCC3)cc2Cl)c2ccccc21. The number of aliphatic carboxylic acids is 1. The number of likely N-dealkylation sites (tertiary alicyclic amines) is 1. The van der Waals surface area contributed by atoms with Crippen molar-refractivity contribution in [1.82, 2.24) is 14.7 Å². The number of rotatable bonds is 10. The molecule has 1 unspecified atom stereocenters. The van der Waals surface area contributed by atoms with Crippen LogP contribution in [0.4, 0.5) is 10.1 Å². The number of fused-ring (bicyclic) bond motifs is 1. The van der Waals surface area contributed by atoms with Crippen molar-refractivity contribution >= 4 is 45.9 Å². The van der Waals surface area contributed by atoms with E-state index in [1.165, 1.54) is 6.07 Å². The molecule has 1 atom stereocenters. The van der Waals surface area contributed by atoms with Crippen LogP contribution in [-0.4, -0.2) is 62.9 Å². The smallest absolute Gasteiger partial charge is 0.306 e. The molecule has 2 N–H and O–H groups in total. The molecule has 2 heterocycles. The average molecular weight is 585 g/mol. The molecule has 1 aliphatic carbocycles. The Morgan fingerprint density at radius 2 is 1.85 bits per heavy atom. The maximum absolute atomic E-state index is 15.1. The lowest BCUT2D eigenvalue weighted by Gasteiger charge is -2.34. The Morgan fingerprint density at radius 3 is 2.56 bits per heavy atom. The van der Waals surface area contributed by atoms with Crippen molar-refractivity contribution < 1.29 is 28.6 Å². The molecule has 1 aromatic heterocycles. The number of amides is 1. The van der Waals surface area contributed by atoms with Crippen LogP contribution in [0.5, 0.6) is 0 Å². The third kappa shape index (κ3) is 6.77. The predicted octanol–water partition coefficient (Wildman–Crippen LogP) is 5.20. The van der Waals surface area contributed by atoms with Gasteiger partial charge in [0, 0.05) is 38.4 Å². The number of para-hydroxylation sites is 1. The Balaban J connectivity index is 1.23. The van der Waals surface area contributed by atoms with E-state index in [1.54, 1.807) is 17.8 Å². The van der Waals surface area contributed by atoms with Crippen LogP contribution < -0.4 is 5.32 Å². The lowest BCUT2D eigenvalue weighted by Crippen LogP contribution is -2.41. The summed E-state index contributed by atoms with van der Waals surface area (Å²) in [6, 6.07) is 9.80. The Labute approximate surface area is 242 Å². The summed E-state index contributed by atoms with van der Waals surface area (Å²) in [6.45, 7) is 1.64. The number of aromatic nitrogens is 2. The fourth-order valence-electron chi connectivity index (χ4n) is 5.82. The van der Waals surface area contributed by atoms with Crippen molar-refractivity contribution in [2.24, 2.45) is 13.0 Å². The van der Waals surface area contributed by atoms with Gasteiger partial charge in [0.05, 0.1) is 28.2 Å². The number of hydrogen-bond donors (Lipinski definition) is 2. The minimum absolute atomic E-state index is 0.0929. The maximum Gasteiger partial charge on any atom is 0.306 e. The Hall–Kier alpha value is -3.34. The maximum atomic E-state index is 15.1. The third-order valence-corrected chi connectivity index (χ3v) is 8.38. The van der Waals surface area contributed by atoms with Gasteiger partial charge in [0.25, 0.3) is 5.91 Å². The number of carboxylic acids is 1. The van der Waals surface area contributed by atoms with Gasteiger partial charge in [-0.25, -0.2) is 4.39 Å². The minimum atomic E-state index is -0.772. The number of carboxylic acid groups (broad SMARTS) is 1. The number of halogens is 2. The standard InChI is InChI=1S/C30H34ClFN4O5/c1-35-26-7-3-2-6-22(26)28(34-35)29(38)33-25-17-24(32)19(15-23(25)31)14-20(37)16-27(36-12-4-5-13-36)41-21-10-8-18(9-11-21)30(39)40/h2-3,6-7,15,17-18,21,27H,4-5,8-14,16H2,1H3,(H,33,38)(H,39,40). The lowest BCUT2D eigenvalue weighted by molar-refractivity contribution is -0.147. The van der Waals surface area contributed by atoms with Gasteiger partial charge < -0.3 is 15.2 Å². The van der Waals surface area contributed by atoms with Crippen LogP contribution >= 0.6 is 11.6 Å². The van der Waals surface area contributed by atoms with Gasteiger partial charge in [0.2, 0.25) is 0 Å². The predicted molar refractivity (Wildman–Crippen MR) is 152 cm³/mol. The number of ketones is 1. The van der Waals surface area contributed by atoms with E-state index in [1.807, 2.05) is 18.2 Å². The van der Waals surface area contributed by atoms with Crippen molar-refractivity contribution in [2.45, 2.75) is 63.7 Å². The quantitative estimate of drug-likeness (QED) is 0.337. The van der Waals surface area contributed by atoms with E-state index in [0.717, 1.165) is 37.5 Å². The van der Waals surface area contributed by atoms with E-state index < -0.39 is 23.9 Å². The second-order valence-electron chi connectivity index (χ2n) is 10.9. The molecule has 0 spiro atoms. The van der Waals surface area contributed by atoms with Crippen LogP contribution in [0.25, 0.3) is 10.9 Å². The van der Waals surface area contributed by atoms with Crippen molar-refractivity contribution in [2.75, 3.05) is 18.4 Å². The fourth-order valence-corrected chi connectivity index (χ4v) is 6.06. The molecule has 1 saturated carbocycles. The molecule has 218 valence electrons. The highest BCUT2D eigenvalue weighted by Crippen LogP contribution is 2.30. The first-order valence-electron chi connectivity index (χ1n) is 14.0. The summed E-state index contributed by atoms with van der Waals surface area (Å²) in [4.78, 5) is 39.5. The molecule has 9 nitrogen and oxygen atoms in total. The van der Waals surface area contributed by atoms with Crippen molar-refractivity contribution in [3.05, 3.63) is 58.5 Å². The molecule has 2 fully saturated rings. The van der Waals surface area contributed by atoms with Crippen molar-refractivity contribution in [1.29, 1.82) is 0 Å². The molecule has 1 saturated heterocycles. The normalized spacial score (nSPS) is 20.3. The summed E-state index contributed by atoms with van der Waals surface area (Å²) in [5.74, 6) is -2.46. The average Bonchev–Trinajstić information content (AvgIpc) is 3.60. The lowest BCUT2D eigenvalue weighted by atomic mass is 9.87. The monoisotopic (exact) mass is 584 g/mol. The molecule has 2 aromatic carbocycles. The molecule has 0 bridgehead atoms. The van der Waals surface area contributed by atoms with Crippen molar-refractivity contribution in [3.8, 4) is 0 Å². The number of carbonyl (C=O) groups is 3. The number of nitrogens with one attached hydrogen (secondary N) is 1. The largest absolute Gasteiger partial charge is 0.481 e. The number of aryl methyl sites for hydroxylation is 1. The minimum Gasteiger partial charge on any atom is -0.481 e. The zero-order valence-electron chi connectivity index (χ0n) is 22.9. The number of benzene rings is 2. The summed E-state index contributed by atoms with van der Waals surface area (Å²) in [5, 5.41) is 17.0. The first kappa shape index (κ1) is 29.2. The molecular weight excluding hydrogens is 551 g/mol. The zero-order valence-corrected chi connectivity index (χ0v) is 23.7. The number of Topliss-reactive ketones (excluding diaryl/α,β-unsaturated/α-hetero) is 1. The second-order valence-corrected chi connectivity index (χ2v) is 11.3. The molecule has 3 aromatic rings. The highest BCUT2D eigenvalue weighted by atomic mass is 35.5. The molecule has 41 heavy (non-hydrogen) atoms. The van der Waals surface area contributed by atoms with Gasteiger partial charge in [-0.15, -0.1) is 0 Å². The third-order valence-electron chi connectivity index (χ3n) is 8.07. The van der Waals surface area contributed by atoms with E-state index in [2.05, 4.69) is 15.3 Å². The number of anilines is 1. The Bertz CT molecular complexity index is 1450. The van der Waals surface area contributed by atoms with Crippen LogP contribution in [0.1, 0.15) is 61.0 Å². The van der Waals surface area contributed by atoms with E-state index >= 15 is 4.39 Å². The Morgan fingerprint density at radius 1 is 1.15 bits per heavy atom. The van der Waals surface area contributed by atoms with Crippen molar-refractivity contribution in [3.63, 3.8) is 0 Å². The van der Waals surface area contributed by atoms with Gasteiger partial charge in [0.15, 0.2) is 5.69 Å². The highest BCUT2D eigenvalue weighted by Gasteiger charge is 2.32. The first-order chi connectivity index (χ1) is 19.7. The zero-order chi connectivity index (χ0) is 29.1. The van der Waals surface area contributed by atoms with E-state index in [4.69, 9.17) is 16.3 Å². The number of carbonyl (C=O) groups excluding carboxylic acids is 2. The van der Waals surface area contributed by atoms with Crippen LogP contribution in [0, 0.1) is 11.7 Å². The molecular formula is C30H34ClFN4O5. The van der Waals surface area contributed by atoms with Gasteiger partial charge in [-0.2, -0.15) is 5.10 Å². The van der Waals surface area contributed by atoms with Crippen LogP contribution in [0.15, 0.2) is 36.4 Å². The van der Waals surface area contributed by atoms with Gasteiger partial charge in [0.1, 0.15) is 17.8 Å². The molecule has 2 aliphatic rings. The Kier molecular flexibility index (Phi) is 9.01. The fraction of sp³-hybridized carbons (Fsp3) is 0.467. The van der Waals surface area contributed by atoms with Gasteiger partial charge in [-0.1, -0.05) is 29.8 Å². The number of ether oxygens (including phenoxy) is 1. The summed E-state index contributed by atoms with van der Waals surface area (Å²) in [7, 11) is 1.74. The molecule has 1 amide bonds. The molecule has 5 rings (SSSR count). The van der Waals surface area contributed by atoms with Crippen LogP contribution in [-0.2, 0) is 27.8 Å². The van der Waals surface area contributed by atoms with Crippen LogP contribution in [0.2, 0.25) is 5.02 Å². The van der Waals surface area contributed by atoms with Gasteiger partial charge in [-0.3, -0.25) is 24.0 Å². The summed E-state index contributed by atoms with van der Waals surface area (Å²) in [6.07, 6.45) is 3.84. The van der Waals surface area contributed by atoms with Crippen LogP contribution in [0.3, 0.4) is 0 Å². The van der Waals surface area contributed by atoms with E-state index in [-0.39, 0.29) is 52.6 Å². The topological polar surface area (TPSA) is 114 Å². The summed E-state index contributed by atoms with van der Waals surface area (Å²) < 4.78 is 23.1. The molecule has 1 aliphatic heterocycles. The van der Waals surface area contributed by atoms with E-state index in [9.17, 15) is 19.5 Å². The first-order valence-corrected chi connectivity index (χ1v) is 14.4. The number of hydrogen-bond acceptors (Lipinski definition) is 6.